The number of nitrogens with one attached hydrogen (secondary N) is 2. The molecule has 3 rings (SSSR count). The first-order valence-corrected chi connectivity index (χ1v) is 9.99. The van der Waals surface area contributed by atoms with E-state index in [0.29, 0.717) is 16.3 Å². The lowest BCUT2D eigenvalue weighted by Gasteiger charge is -2.17. The first-order chi connectivity index (χ1) is 14.0. The number of carbonyl (C=O) groups is 2. The Morgan fingerprint density at radius 1 is 1.28 bits per heavy atom. The summed E-state index contributed by atoms with van der Waals surface area (Å²) < 4.78 is 11.8. The normalized spacial score (nSPS) is 11.7. The third kappa shape index (κ3) is 5.09. The number of hydrogen-bond donors (Lipinski definition) is 2. The standard InChI is InChI=1S/C19H20N4O4S2/c1-26-13-7-5-12(6-8-13)18-21-22-19(28)23(18)11-16(24)20-14(10-17(25)27-2)15-4-3-9-29-15/h3-9,14H,10-11H2,1-2H3,(H,20,24)(H,22,28). The van der Waals surface area contributed by atoms with Crippen molar-refractivity contribution >= 4 is 35.4 Å². The number of thiophene rings is 1. The molecule has 0 spiro atoms. The van der Waals surface area contributed by atoms with Crippen molar-refractivity contribution in [1.82, 2.24) is 20.1 Å². The Morgan fingerprint density at radius 3 is 2.66 bits per heavy atom. The third-order valence-electron chi connectivity index (χ3n) is 4.23. The number of esters is 1. The highest BCUT2D eigenvalue weighted by molar-refractivity contribution is 7.71. The summed E-state index contributed by atoms with van der Waals surface area (Å²) in [4.78, 5) is 25.4. The summed E-state index contributed by atoms with van der Waals surface area (Å²) in [5, 5.41) is 11.7. The van der Waals surface area contributed by atoms with Crippen LogP contribution in [0.15, 0.2) is 41.8 Å². The van der Waals surface area contributed by atoms with Crippen molar-refractivity contribution in [2.75, 3.05) is 14.2 Å². The smallest absolute Gasteiger partial charge is 0.307 e. The van der Waals surface area contributed by atoms with Gasteiger partial charge in [0.2, 0.25) is 5.91 Å². The van der Waals surface area contributed by atoms with Crippen LogP contribution in [0.25, 0.3) is 11.4 Å². The maximum Gasteiger partial charge on any atom is 0.307 e. The largest absolute Gasteiger partial charge is 0.497 e. The fourth-order valence-corrected chi connectivity index (χ4v) is 3.75. The molecule has 1 unspecified atom stereocenters. The van der Waals surface area contributed by atoms with Crippen molar-refractivity contribution in [2.24, 2.45) is 0 Å². The Hall–Kier alpha value is -2.98. The van der Waals surface area contributed by atoms with Crippen molar-refractivity contribution < 1.29 is 19.1 Å². The van der Waals surface area contributed by atoms with Gasteiger partial charge >= 0.3 is 5.97 Å². The Balaban J connectivity index is 1.78. The van der Waals surface area contributed by atoms with Crippen LogP contribution in [0.2, 0.25) is 0 Å². The maximum absolute atomic E-state index is 12.7. The summed E-state index contributed by atoms with van der Waals surface area (Å²) in [7, 11) is 2.91. The summed E-state index contributed by atoms with van der Waals surface area (Å²) in [6.45, 7) is -0.0419. The molecule has 0 aliphatic carbocycles. The zero-order valence-electron chi connectivity index (χ0n) is 15.9. The number of carbonyl (C=O) groups excluding carboxylic acids is 2. The fraction of sp³-hybridized carbons (Fsp3) is 0.263. The molecule has 0 saturated carbocycles. The van der Waals surface area contributed by atoms with Gasteiger partial charge in [-0.15, -0.1) is 11.3 Å². The van der Waals surface area contributed by atoms with Crippen molar-refractivity contribution in [3.8, 4) is 17.1 Å². The number of hydrogen-bond acceptors (Lipinski definition) is 7. The minimum absolute atomic E-state index is 0.0419. The second-order valence-corrected chi connectivity index (χ2v) is 7.45. The summed E-state index contributed by atoms with van der Waals surface area (Å²) in [6.07, 6.45) is 0.0465. The van der Waals surface area contributed by atoms with E-state index in [1.54, 1.807) is 23.8 Å². The molecule has 1 aromatic carbocycles. The molecule has 0 saturated heterocycles. The first kappa shape index (κ1) is 20.7. The molecule has 0 bridgehead atoms. The van der Waals surface area contributed by atoms with E-state index in [9.17, 15) is 9.59 Å². The van der Waals surface area contributed by atoms with Crippen LogP contribution in [0.4, 0.5) is 0 Å². The van der Waals surface area contributed by atoms with Crippen molar-refractivity contribution in [1.29, 1.82) is 0 Å². The maximum atomic E-state index is 12.7. The number of H-pyrrole nitrogens is 1. The van der Waals surface area contributed by atoms with E-state index >= 15 is 0 Å². The van der Waals surface area contributed by atoms with Crippen LogP contribution in [0, 0.1) is 4.77 Å². The van der Waals surface area contributed by atoms with Crippen molar-refractivity contribution in [3.63, 3.8) is 0 Å². The Bertz CT molecular complexity index is 1030. The number of ether oxygens (including phenoxy) is 2. The SMILES string of the molecule is COC(=O)CC(NC(=O)Cn1c(-c2ccc(OC)cc2)n[nH]c1=S)c1cccs1. The van der Waals surface area contributed by atoms with Gasteiger partial charge in [-0.25, -0.2) is 0 Å². The Morgan fingerprint density at radius 2 is 2.03 bits per heavy atom. The highest BCUT2D eigenvalue weighted by atomic mass is 32.1. The van der Waals surface area contributed by atoms with Gasteiger partial charge in [-0.1, -0.05) is 6.07 Å². The molecular weight excluding hydrogens is 412 g/mol. The molecule has 0 aliphatic heterocycles. The number of aromatic nitrogens is 3. The molecule has 3 aromatic rings. The van der Waals surface area contributed by atoms with Crippen LogP contribution >= 0.6 is 23.6 Å². The van der Waals surface area contributed by atoms with Gasteiger partial charge in [0.1, 0.15) is 12.3 Å². The monoisotopic (exact) mass is 432 g/mol. The quantitative estimate of drug-likeness (QED) is 0.419. The molecule has 0 radical (unpaired) electrons. The van der Waals surface area contributed by atoms with Crippen LogP contribution in [-0.2, 0) is 20.9 Å². The summed E-state index contributed by atoms with van der Waals surface area (Å²) >= 11 is 6.75. The lowest BCUT2D eigenvalue weighted by atomic mass is 10.1. The molecule has 2 aromatic heterocycles. The van der Waals surface area contributed by atoms with Crippen LogP contribution in [0.3, 0.4) is 0 Å². The van der Waals surface area contributed by atoms with E-state index in [1.165, 1.54) is 18.4 Å². The molecule has 0 aliphatic rings. The number of methoxy groups -OCH3 is 2. The lowest BCUT2D eigenvalue weighted by molar-refractivity contribution is -0.141. The van der Waals surface area contributed by atoms with Crippen molar-refractivity contribution in [2.45, 2.75) is 19.0 Å². The van der Waals surface area contributed by atoms with E-state index in [0.717, 1.165) is 10.4 Å². The van der Waals surface area contributed by atoms with E-state index in [2.05, 4.69) is 15.5 Å². The molecule has 10 heteroatoms. The average Bonchev–Trinajstić information content (AvgIpc) is 3.38. The van der Waals surface area contributed by atoms with E-state index < -0.39 is 12.0 Å². The molecule has 0 fully saturated rings. The van der Waals surface area contributed by atoms with Gasteiger partial charge in [-0.3, -0.25) is 19.3 Å². The number of rotatable bonds is 8. The number of amides is 1. The predicted molar refractivity (Wildman–Crippen MR) is 111 cm³/mol. The minimum atomic E-state index is -0.472. The first-order valence-electron chi connectivity index (χ1n) is 8.71. The van der Waals surface area contributed by atoms with Gasteiger partial charge in [-0.2, -0.15) is 5.10 Å². The van der Waals surface area contributed by atoms with Crippen LogP contribution < -0.4 is 10.1 Å². The van der Waals surface area contributed by atoms with E-state index in [1.807, 2.05) is 29.6 Å². The van der Waals surface area contributed by atoms with E-state index in [-0.39, 0.29) is 18.9 Å². The van der Waals surface area contributed by atoms with Gasteiger partial charge in [0.25, 0.3) is 0 Å². The number of aromatic amines is 1. The Kier molecular flexibility index (Phi) is 6.78. The lowest BCUT2D eigenvalue weighted by Crippen LogP contribution is -2.33. The molecule has 152 valence electrons. The molecule has 1 atom stereocenters. The zero-order valence-corrected chi connectivity index (χ0v) is 17.5. The van der Waals surface area contributed by atoms with Crippen LogP contribution in [0.1, 0.15) is 17.3 Å². The van der Waals surface area contributed by atoms with Crippen molar-refractivity contribution in [3.05, 3.63) is 51.4 Å². The van der Waals surface area contributed by atoms with Gasteiger partial charge in [-0.05, 0) is 47.9 Å². The third-order valence-corrected chi connectivity index (χ3v) is 5.53. The molecular formula is C19H20N4O4S2. The van der Waals surface area contributed by atoms with Crippen LogP contribution in [0.5, 0.6) is 5.75 Å². The predicted octanol–water partition coefficient (Wildman–Crippen LogP) is 3.10. The molecule has 8 nitrogen and oxygen atoms in total. The average molecular weight is 433 g/mol. The van der Waals surface area contributed by atoms with Crippen LogP contribution in [-0.4, -0.2) is 40.9 Å². The summed E-state index contributed by atoms with van der Waals surface area (Å²) in [5.41, 5.74) is 0.787. The summed E-state index contributed by atoms with van der Waals surface area (Å²) in [5.74, 6) is 0.560. The number of benzene rings is 1. The second-order valence-electron chi connectivity index (χ2n) is 6.08. The van der Waals surface area contributed by atoms with Gasteiger partial charge in [0.05, 0.1) is 26.7 Å². The fourth-order valence-electron chi connectivity index (χ4n) is 2.77. The highest BCUT2D eigenvalue weighted by Crippen LogP contribution is 2.23. The van der Waals surface area contributed by atoms with Gasteiger partial charge in [0.15, 0.2) is 10.6 Å². The topological polar surface area (TPSA) is 98.2 Å². The van der Waals surface area contributed by atoms with Gasteiger partial charge in [0, 0.05) is 10.4 Å². The molecule has 2 heterocycles. The number of nitrogens with zero attached hydrogens (tertiary/aromatic N) is 2. The molecule has 1 amide bonds. The Labute approximate surface area is 176 Å². The zero-order chi connectivity index (χ0) is 20.8. The summed E-state index contributed by atoms with van der Waals surface area (Å²) in [6, 6.07) is 10.5. The van der Waals surface area contributed by atoms with Gasteiger partial charge < -0.3 is 14.8 Å². The minimum Gasteiger partial charge on any atom is -0.497 e. The molecule has 29 heavy (non-hydrogen) atoms. The van der Waals surface area contributed by atoms with E-state index in [4.69, 9.17) is 21.7 Å². The second kappa shape index (κ2) is 9.48. The molecule has 2 N–H and O–H groups in total. The highest BCUT2D eigenvalue weighted by Gasteiger charge is 2.21.